The summed E-state index contributed by atoms with van der Waals surface area (Å²) in [6, 6.07) is 4.17. The highest BCUT2D eigenvalue weighted by Gasteiger charge is 2.31. The number of ketones is 1. The monoisotopic (exact) mass is 227 g/mol. The summed E-state index contributed by atoms with van der Waals surface area (Å²) >= 11 is 5.71. The van der Waals surface area contributed by atoms with E-state index in [1.165, 1.54) is 23.1 Å². The molecule has 0 N–H and O–H groups in total. The van der Waals surface area contributed by atoms with E-state index in [0.29, 0.717) is 0 Å². The smallest absolute Gasteiger partial charge is 0.294 e. The molecule has 1 aliphatic heterocycles. The van der Waals surface area contributed by atoms with Crippen LogP contribution in [0.1, 0.15) is 6.42 Å². The van der Waals surface area contributed by atoms with Crippen LogP contribution in [0, 0.1) is 5.82 Å². The Kier molecular flexibility index (Phi) is 2.44. The highest BCUT2D eigenvalue weighted by atomic mass is 35.5. The van der Waals surface area contributed by atoms with Gasteiger partial charge in [0.05, 0.1) is 5.69 Å². The first-order valence-corrected chi connectivity index (χ1v) is 4.78. The Bertz CT molecular complexity index is 447. The van der Waals surface area contributed by atoms with Gasteiger partial charge in [0.2, 0.25) is 5.78 Å². The summed E-state index contributed by atoms with van der Waals surface area (Å²) < 4.78 is 13.1. The highest BCUT2D eigenvalue weighted by Crippen LogP contribution is 2.30. The van der Waals surface area contributed by atoms with Crippen LogP contribution in [-0.2, 0) is 9.59 Å². The molecule has 1 fully saturated rings. The fourth-order valence-electron chi connectivity index (χ4n) is 1.50. The van der Waals surface area contributed by atoms with Crippen LogP contribution in [0.2, 0.25) is 5.02 Å². The van der Waals surface area contributed by atoms with Crippen LogP contribution >= 0.6 is 11.6 Å². The number of nitrogens with zero attached hydrogens (tertiary/aromatic N) is 1. The first kappa shape index (κ1) is 10.1. The van der Waals surface area contributed by atoms with Gasteiger partial charge < -0.3 is 4.90 Å². The molecule has 3 nitrogen and oxygen atoms in total. The second-order valence-corrected chi connectivity index (χ2v) is 3.58. The van der Waals surface area contributed by atoms with E-state index in [0.717, 1.165) is 0 Å². The van der Waals surface area contributed by atoms with Gasteiger partial charge in [-0.1, -0.05) is 17.7 Å². The maximum atomic E-state index is 13.1. The average Bonchev–Trinajstić information content (AvgIpc) is 2.53. The quantitative estimate of drug-likeness (QED) is 0.686. The molecule has 15 heavy (non-hydrogen) atoms. The van der Waals surface area contributed by atoms with Crippen LogP contribution in [0.4, 0.5) is 10.1 Å². The van der Waals surface area contributed by atoms with Gasteiger partial charge in [-0.25, -0.2) is 4.39 Å². The normalized spacial score (nSPS) is 16.3. The molecular formula is C10H7ClFNO2. The molecule has 1 aromatic rings. The molecule has 0 unspecified atom stereocenters. The third-order valence-corrected chi connectivity index (χ3v) is 2.64. The molecule has 1 heterocycles. The molecule has 0 radical (unpaired) electrons. The Labute approximate surface area is 90.4 Å². The lowest BCUT2D eigenvalue weighted by molar-refractivity contribution is -0.133. The Hall–Kier alpha value is -1.42. The fraction of sp³-hybridized carbons (Fsp3) is 0.200. The predicted molar refractivity (Wildman–Crippen MR) is 53.4 cm³/mol. The number of hydrogen-bond acceptors (Lipinski definition) is 2. The third kappa shape index (κ3) is 1.61. The minimum Gasteiger partial charge on any atom is -0.304 e. The van der Waals surface area contributed by atoms with Gasteiger partial charge >= 0.3 is 0 Å². The van der Waals surface area contributed by atoms with Crippen molar-refractivity contribution in [1.82, 2.24) is 0 Å². The van der Waals surface area contributed by atoms with E-state index in [9.17, 15) is 14.0 Å². The number of Topliss-reactive ketones (excluding diaryl/α,β-unsaturated/α-hetero) is 1. The molecule has 78 valence electrons. The van der Waals surface area contributed by atoms with Crippen molar-refractivity contribution in [3.63, 3.8) is 0 Å². The van der Waals surface area contributed by atoms with Crippen LogP contribution < -0.4 is 4.90 Å². The molecule has 0 saturated carbocycles. The van der Waals surface area contributed by atoms with Crippen molar-refractivity contribution in [2.75, 3.05) is 11.4 Å². The van der Waals surface area contributed by atoms with Crippen molar-refractivity contribution >= 4 is 29.0 Å². The minimum atomic E-state index is -0.623. The fourth-order valence-corrected chi connectivity index (χ4v) is 1.73. The van der Waals surface area contributed by atoms with E-state index in [1.807, 2.05) is 0 Å². The summed E-state index contributed by atoms with van der Waals surface area (Å²) in [5.41, 5.74) is 0.257. The van der Waals surface area contributed by atoms with Crippen LogP contribution in [0.3, 0.4) is 0 Å². The lowest BCUT2D eigenvalue weighted by Crippen LogP contribution is -2.27. The maximum absolute atomic E-state index is 13.1. The van der Waals surface area contributed by atoms with Gasteiger partial charge in [-0.2, -0.15) is 0 Å². The molecule has 0 spiro atoms. The molecular weight excluding hydrogens is 221 g/mol. The summed E-state index contributed by atoms with van der Waals surface area (Å²) in [7, 11) is 0. The summed E-state index contributed by atoms with van der Waals surface area (Å²) in [6.07, 6.45) is 0.158. The maximum Gasteiger partial charge on any atom is 0.294 e. The first-order chi connectivity index (χ1) is 7.11. The Morgan fingerprint density at radius 1 is 1.33 bits per heavy atom. The number of carbonyl (C=O) groups is 2. The number of carbonyl (C=O) groups excluding carboxylic acids is 2. The molecule has 0 aromatic heterocycles. The van der Waals surface area contributed by atoms with Crippen molar-refractivity contribution < 1.29 is 14.0 Å². The number of rotatable bonds is 1. The standard InChI is InChI=1S/C10H7ClFNO2/c11-9-6(12)2-1-3-7(9)13-5-4-8(14)10(13)15/h1-3H,4-5H2. The van der Waals surface area contributed by atoms with Crippen LogP contribution in [-0.4, -0.2) is 18.2 Å². The van der Waals surface area contributed by atoms with Crippen molar-refractivity contribution in [2.45, 2.75) is 6.42 Å². The number of benzene rings is 1. The average molecular weight is 228 g/mol. The van der Waals surface area contributed by atoms with E-state index in [4.69, 9.17) is 11.6 Å². The Morgan fingerprint density at radius 3 is 2.67 bits per heavy atom. The van der Waals surface area contributed by atoms with Gasteiger partial charge in [-0.15, -0.1) is 0 Å². The zero-order valence-electron chi connectivity index (χ0n) is 7.67. The first-order valence-electron chi connectivity index (χ1n) is 4.40. The second-order valence-electron chi connectivity index (χ2n) is 3.20. The molecule has 1 amide bonds. The van der Waals surface area contributed by atoms with E-state index in [-0.39, 0.29) is 23.7 Å². The second kappa shape index (κ2) is 3.62. The number of halogens is 2. The SMILES string of the molecule is O=C1CCN(c2cccc(F)c2Cl)C1=O. The number of amides is 1. The molecule has 0 aliphatic carbocycles. The molecule has 2 rings (SSSR count). The van der Waals surface area contributed by atoms with Crippen molar-refractivity contribution in [3.05, 3.63) is 29.0 Å². The van der Waals surface area contributed by atoms with Gasteiger partial charge in [0.1, 0.15) is 10.8 Å². The van der Waals surface area contributed by atoms with Gasteiger partial charge in [-0.3, -0.25) is 9.59 Å². The lowest BCUT2D eigenvalue weighted by atomic mass is 10.3. The number of hydrogen-bond donors (Lipinski definition) is 0. The highest BCUT2D eigenvalue weighted by molar-refractivity contribution is 6.45. The number of anilines is 1. The largest absolute Gasteiger partial charge is 0.304 e. The third-order valence-electron chi connectivity index (χ3n) is 2.27. The van der Waals surface area contributed by atoms with Crippen LogP contribution in [0.5, 0.6) is 0 Å². The summed E-state index contributed by atoms with van der Waals surface area (Å²) in [6.45, 7) is 0.265. The molecule has 1 saturated heterocycles. The zero-order valence-corrected chi connectivity index (χ0v) is 8.42. The molecule has 5 heteroatoms. The summed E-state index contributed by atoms with van der Waals surface area (Å²) in [5, 5.41) is -0.124. The van der Waals surface area contributed by atoms with Crippen molar-refractivity contribution in [3.8, 4) is 0 Å². The summed E-state index contributed by atoms with van der Waals surface area (Å²) in [4.78, 5) is 23.6. The molecule has 0 atom stereocenters. The van der Waals surface area contributed by atoms with Crippen LogP contribution in [0.15, 0.2) is 18.2 Å². The predicted octanol–water partition coefficient (Wildman–Crippen LogP) is 1.78. The van der Waals surface area contributed by atoms with E-state index in [2.05, 4.69) is 0 Å². The minimum absolute atomic E-state index is 0.124. The molecule has 1 aromatic carbocycles. The van der Waals surface area contributed by atoms with Gasteiger partial charge in [0.15, 0.2) is 0 Å². The van der Waals surface area contributed by atoms with Gasteiger partial charge in [0, 0.05) is 13.0 Å². The van der Waals surface area contributed by atoms with Crippen LogP contribution in [0.25, 0.3) is 0 Å². The zero-order chi connectivity index (χ0) is 11.0. The van der Waals surface area contributed by atoms with Gasteiger partial charge in [0.25, 0.3) is 5.91 Å². The molecule has 0 bridgehead atoms. The van der Waals surface area contributed by atoms with E-state index in [1.54, 1.807) is 0 Å². The van der Waals surface area contributed by atoms with Gasteiger partial charge in [-0.05, 0) is 12.1 Å². The Balaban J connectivity index is 2.43. The Morgan fingerprint density at radius 2 is 2.07 bits per heavy atom. The van der Waals surface area contributed by atoms with E-state index >= 15 is 0 Å². The lowest BCUT2D eigenvalue weighted by Gasteiger charge is -2.16. The van der Waals surface area contributed by atoms with E-state index < -0.39 is 17.5 Å². The summed E-state index contributed by atoms with van der Waals surface area (Å²) in [5.74, 6) is -1.68. The molecule has 1 aliphatic rings. The van der Waals surface area contributed by atoms with Crippen molar-refractivity contribution in [1.29, 1.82) is 0 Å². The topological polar surface area (TPSA) is 37.4 Å². The van der Waals surface area contributed by atoms with Crippen molar-refractivity contribution in [2.24, 2.45) is 0 Å².